The molecule has 2 heterocycles. The highest BCUT2D eigenvalue weighted by molar-refractivity contribution is 6.27. The average Bonchev–Trinajstić information content (AvgIpc) is 3.84. The van der Waals surface area contributed by atoms with Gasteiger partial charge in [0, 0.05) is 44.0 Å². The number of hydrogen-bond donors (Lipinski definition) is 0. The number of aromatic nitrogens is 1. The molecule has 0 amide bonds. The van der Waals surface area contributed by atoms with E-state index >= 15 is 0 Å². The van der Waals surface area contributed by atoms with Crippen molar-refractivity contribution in [2.75, 3.05) is 4.90 Å². The van der Waals surface area contributed by atoms with E-state index in [9.17, 15) is 0 Å². The van der Waals surface area contributed by atoms with Crippen molar-refractivity contribution in [3.8, 4) is 16.8 Å². The third kappa shape index (κ3) is 4.79. The molecular formula is C54H34N2O. The maximum Gasteiger partial charge on any atom is 0.159 e. The number of rotatable bonds is 5. The quantitative estimate of drug-likeness (QED) is 0.165. The van der Waals surface area contributed by atoms with Gasteiger partial charge in [0.25, 0.3) is 0 Å². The highest BCUT2D eigenvalue weighted by Crippen LogP contribution is 2.47. The topological polar surface area (TPSA) is 21.3 Å². The third-order valence-electron chi connectivity index (χ3n) is 11.7. The van der Waals surface area contributed by atoms with Gasteiger partial charge in [-0.05, 0) is 98.7 Å². The number of furan rings is 1. The van der Waals surface area contributed by atoms with Crippen LogP contribution in [0.5, 0.6) is 0 Å². The second-order valence-electron chi connectivity index (χ2n) is 14.8. The average molecular weight is 727 g/mol. The van der Waals surface area contributed by atoms with Gasteiger partial charge in [-0.2, -0.15) is 0 Å². The molecule has 0 fully saturated rings. The van der Waals surface area contributed by atoms with E-state index in [4.69, 9.17) is 4.42 Å². The first kappa shape index (κ1) is 31.7. The van der Waals surface area contributed by atoms with Crippen molar-refractivity contribution in [3.05, 3.63) is 206 Å². The fourth-order valence-electron chi connectivity index (χ4n) is 9.28. The first-order valence-corrected chi connectivity index (χ1v) is 19.5. The number of hydrogen-bond acceptors (Lipinski definition) is 2. The fraction of sp³-hybridized carbons (Fsp3) is 0. The molecule has 0 saturated carbocycles. The monoisotopic (exact) mass is 726 g/mol. The molecule has 0 N–H and O–H groups in total. The van der Waals surface area contributed by atoms with Crippen LogP contribution in [0.15, 0.2) is 211 Å². The van der Waals surface area contributed by atoms with Crippen molar-refractivity contribution in [1.82, 2.24) is 4.57 Å². The minimum absolute atomic E-state index is 0.857. The molecule has 10 aromatic carbocycles. The Hall–Kier alpha value is -7.62. The van der Waals surface area contributed by atoms with Gasteiger partial charge >= 0.3 is 0 Å². The summed E-state index contributed by atoms with van der Waals surface area (Å²) in [5, 5.41) is 12.0. The summed E-state index contributed by atoms with van der Waals surface area (Å²) in [6.45, 7) is 0. The summed E-state index contributed by atoms with van der Waals surface area (Å²) in [7, 11) is 0. The smallest absolute Gasteiger partial charge is 0.159 e. The van der Waals surface area contributed by atoms with Crippen LogP contribution in [-0.2, 0) is 0 Å². The standard InChI is InChI=1S/C54H34N2O/c1-3-16-38(17-4-1)55(40-32-30-36-29-28-35-14-7-8-20-41(35)46(36)34-40)49-27-13-24-45-53-50(57-54(45)49)33-31-37-15-11-22-42(51(37)53)43-23-12-26-48-52(43)44-21-9-10-25-47(44)56(48)39-18-5-2-6-19-39/h1-34H. The van der Waals surface area contributed by atoms with E-state index in [1.54, 1.807) is 0 Å². The predicted molar refractivity (Wildman–Crippen MR) is 241 cm³/mol. The van der Waals surface area contributed by atoms with Gasteiger partial charge in [-0.3, -0.25) is 0 Å². The zero-order valence-electron chi connectivity index (χ0n) is 30.9. The van der Waals surface area contributed by atoms with E-state index < -0.39 is 0 Å². The van der Waals surface area contributed by atoms with Gasteiger partial charge < -0.3 is 13.9 Å². The molecule has 3 heteroatoms. The Morgan fingerprint density at radius 2 is 0.982 bits per heavy atom. The lowest BCUT2D eigenvalue weighted by atomic mass is 9.92. The molecule has 0 spiro atoms. The number of benzene rings is 10. The predicted octanol–water partition coefficient (Wildman–Crippen LogP) is 15.3. The first-order chi connectivity index (χ1) is 28.3. The fourth-order valence-corrected chi connectivity index (χ4v) is 9.28. The van der Waals surface area contributed by atoms with Gasteiger partial charge in [-0.1, -0.05) is 146 Å². The molecule has 12 aromatic rings. The van der Waals surface area contributed by atoms with Crippen molar-refractivity contribution < 1.29 is 4.42 Å². The summed E-state index contributed by atoms with van der Waals surface area (Å²) in [6, 6.07) is 74.3. The van der Waals surface area contributed by atoms with Crippen molar-refractivity contribution in [1.29, 1.82) is 0 Å². The minimum atomic E-state index is 0.857. The summed E-state index contributed by atoms with van der Waals surface area (Å²) < 4.78 is 9.43. The van der Waals surface area contributed by atoms with Gasteiger partial charge in [0.1, 0.15) is 5.58 Å². The Morgan fingerprint density at radius 3 is 1.84 bits per heavy atom. The molecule has 0 aliphatic rings. The lowest BCUT2D eigenvalue weighted by Gasteiger charge is -2.26. The lowest BCUT2D eigenvalue weighted by molar-refractivity contribution is 0.669. The summed E-state index contributed by atoms with van der Waals surface area (Å²) in [4.78, 5) is 2.34. The number of anilines is 3. The van der Waals surface area contributed by atoms with Gasteiger partial charge in [0.15, 0.2) is 5.58 Å². The van der Waals surface area contributed by atoms with Crippen LogP contribution in [0.25, 0.3) is 92.9 Å². The van der Waals surface area contributed by atoms with Crippen LogP contribution in [0.2, 0.25) is 0 Å². The second kappa shape index (κ2) is 12.5. The molecule has 0 aliphatic carbocycles. The summed E-state index contributed by atoms with van der Waals surface area (Å²) in [5.41, 5.74) is 10.8. The molecule has 12 rings (SSSR count). The number of para-hydroxylation sites is 4. The summed E-state index contributed by atoms with van der Waals surface area (Å²) in [6.07, 6.45) is 0. The van der Waals surface area contributed by atoms with E-state index in [1.165, 1.54) is 65.3 Å². The normalized spacial score (nSPS) is 11.9. The lowest BCUT2D eigenvalue weighted by Crippen LogP contribution is -2.10. The van der Waals surface area contributed by atoms with Crippen molar-refractivity contribution in [2.24, 2.45) is 0 Å². The molecule has 0 atom stereocenters. The summed E-state index contributed by atoms with van der Waals surface area (Å²) >= 11 is 0. The Bertz CT molecular complexity index is 3520. The van der Waals surface area contributed by atoms with E-state index in [-0.39, 0.29) is 0 Å². The Morgan fingerprint density at radius 1 is 0.368 bits per heavy atom. The van der Waals surface area contributed by atoms with Gasteiger partial charge in [0.05, 0.1) is 16.7 Å². The number of nitrogens with zero attached hydrogens (tertiary/aromatic N) is 2. The third-order valence-corrected chi connectivity index (χ3v) is 11.7. The SMILES string of the molecule is c1ccc(N(c2ccc3ccc4ccccc4c3c2)c2cccc3c2oc2ccc4cccc(-c5cccc6c5c5ccccc5n6-c5ccccc5)c4c23)cc1. The van der Waals surface area contributed by atoms with E-state index in [1.807, 2.05) is 0 Å². The molecule has 0 aliphatic heterocycles. The summed E-state index contributed by atoms with van der Waals surface area (Å²) in [5.74, 6) is 0. The van der Waals surface area contributed by atoms with Crippen molar-refractivity contribution >= 4 is 93.1 Å². The van der Waals surface area contributed by atoms with Crippen LogP contribution in [0.1, 0.15) is 0 Å². The molecule has 0 saturated heterocycles. The van der Waals surface area contributed by atoms with E-state index in [2.05, 4.69) is 216 Å². The van der Waals surface area contributed by atoms with Gasteiger partial charge in [-0.25, -0.2) is 0 Å². The van der Waals surface area contributed by atoms with Crippen molar-refractivity contribution in [3.63, 3.8) is 0 Å². The molecule has 0 bridgehead atoms. The molecular weight excluding hydrogens is 693 g/mol. The Labute approximate surface area is 328 Å². The minimum Gasteiger partial charge on any atom is -0.454 e. The van der Waals surface area contributed by atoms with Gasteiger partial charge in [0.2, 0.25) is 0 Å². The van der Waals surface area contributed by atoms with Crippen LogP contribution in [-0.4, -0.2) is 4.57 Å². The van der Waals surface area contributed by atoms with Crippen LogP contribution in [0.4, 0.5) is 17.1 Å². The molecule has 0 unspecified atom stereocenters. The largest absolute Gasteiger partial charge is 0.454 e. The first-order valence-electron chi connectivity index (χ1n) is 19.5. The van der Waals surface area contributed by atoms with Crippen LogP contribution in [0, 0.1) is 0 Å². The molecule has 3 nitrogen and oxygen atoms in total. The molecule has 57 heavy (non-hydrogen) atoms. The highest BCUT2D eigenvalue weighted by atomic mass is 16.3. The second-order valence-corrected chi connectivity index (χ2v) is 14.8. The molecule has 266 valence electrons. The van der Waals surface area contributed by atoms with E-state index in [0.717, 1.165) is 44.7 Å². The Balaban J connectivity index is 1.13. The van der Waals surface area contributed by atoms with Gasteiger partial charge in [-0.15, -0.1) is 0 Å². The maximum atomic E-state index is 7.04. The molecule has 2 aromatic heterocycles. The Kier molecular flexibility index (Phi) is 6.93. The zero-order valence-corrected chi connectivity index (χ0v) is 30.9. The maximum absolute atomic E-state index is 7.04. The van der Waals surface area contributed by atoms with E-state index in [0.29, 0.717) is 0 Å². The van der Waals surface area contributed by atoms with Crippen LogP contribution < -0.4 is 4.90 Å². The highest BCUT2D eigenvalue weighted by Gasteiger charge is 2.23. The van der Waals surface area contributed by atoms with Crippen molar-refractivity contribution in [2.45, 2.75) is 0 Å². The van der Waals surface area contributed by atoms with Crippen LogP contribution >= 0.6 is 0 Å². The number of fused-ring (bicyclic) bond motifs is 11. The molecule has 0 radical (unpaired) electrons. The van der Waals surface area contributed by atoms with Crippen LogP contribution in [0.3, 0.4) is 0 Å². The zero-order chi connectivity index (χ0) is 37.5.